The summed E-state index contributed by atoms with van der Waals surface area (Å²) in [6, 6.07) is 49.6. The van der Waals surface area contributed by atoms with E-state index in [0.717, 1.165) is 61.4 Å². The number of rotatable bonds is 6. The van der Waals surface area contributed by atoms with E-state index in [1.165, 1.54) is 27.8 Å². The van der Waals surface area contributed by atoms with Crippen LogP contribution in [0.25, 0.3) is 72.7 Å². The van der Waals surface area contributed by atoms with Gasteiger partial charge in [-0.15, -0.1) is 29.3 Å². The average molecular weight is 1070 g/mol. The van der Waals surface area contributed by atoms with Crippen molar-refractivity contribution in [3.8, 4) is 67.5 Å². The maximum atomic E-state index is 12.6. The number of imidazole rings is 1. The van der Waals surface area contributed by atoms with E-state index in [0.29, 0.717) is 11.4 Å². The summed E-state index contributed by atoms with van der Waals surface area (Å²) >= 11 is 0. The summed E-state index contributed by atoms with van der Waals surface area (Å²) < 4.78 is 2.29. The first kappa shape index (κ1) is 49.3. The molecule has 0 saturated carbocycles. The summed E-state index contributed by atoms with van der Waals surface area (Å²) in [6.45, 7) is 33.5. The molecule has 8 rings (SSSR count). The van der Waals surface area contributed by atoms with E-state index in [1.807, 2.05) is 0 Å². The number of aromatic hydroxyl groups is 1. The molecule has 6 aromatic carbocycles. The molecule has 0 unspecified atom stereocenters. The summed E-state index contributed by atoms with van der Waals surface area (Å²) in [6.07, 6.45) is 2.06. The van der Waals surface area contributed by atoms with Gasteiger partial charge in [0.25, 0.3) is 0 Å². The van der Waals surface area contributed by atoms with Crippen LogP contribution in [0, 0.1) is 6.07 Å². The zero-order chi connectivity index (χ0) is 47.7. The molecule has 2 aromatic heterocycles. The third kappa shape index (κ3) is 9.89. The van der Waals surface area contributed by atoms with Gasteiger partial charge in [0.1, 0.15) is 11.6 Å². The fraction of sp³-hybridized carbons (Fsp3) is 0.323. The van der Waals surface area contributed by atoms with Gasteiger partial charge in [-0.3, -0.25) is 9.55 Å². The number of nitrogens with zero attached hydrogens (tertiary/aromatic N) is 3. The van der Waals surface area contributed by atoms with E-state index in [9.17, 15) is 5.11 Å². The van der Waals surface area contributed by atoms with Crippen molar-refractivity contribution in [1.82, 2.24) is 14.5 Å². The molecule has 0 saturated heterocycles. The van der Waals surface area contributed by atoms with Crippen LogP contribution in [0.5, 0.6) is 5.75 Å². The molecule has 0 amide bonds. The third-order valence-corrected chi connectivity index (χ3v) is 13.0. The number of aromatic nitrogens is 3. The Balaban J connectivity index is 0.00000666. The van der Waals surface area contributed by atoms with Crippen molar-refractivity contribution < 1.29 is 26.2 Å². The van der Waals surface area contributed by atoms with Gasteiger partial charge in [0, 0.05) is 44.1 Å². The average Bonchev–Trinajstić information content (AvgIpc) is 3.64. The second-order valence-electron chi connectivity index (χ2n) is 23.4. The Morgan fingerprint density at radius 3 is 1.57 bits per heavy atom. The second-order valence-corrected chi connectivity index (χ2v) is 23.4. The molecule has 0 fully saturated rings. The van der Waals surface area contributed by atoms with E-state index in [2.05, 4.69) is 248 Å². The first-order valence-electron chi connectivity index (χ1n) is 23.6. The normalized spacial score (nSPS) is 12.6. The molecule has 0 spiro atoms. The predicted octanol–water partition coefficient (Wildman–Crippen LogP) is 16.7. The first-order valence-corrected chi connectivity index (χ1v) is 23.6. The van der Waals surface area contributed by atoms with Crippen LogP contribution in [0.15, 0.2) is 134 Å². The van der Waals surface area contributed by atoms with Crippen LogP contribution >= 0.6 is 0 Å². The van der Waals surface area contributed by atoms with Crippen LogP contribution in [-0.4, -0.2) is 19.6 Å². The van der Waals surface area contributed by atoms with Crippen molar-refractivity contribution in [1.29, 1.82) is 0 Å². The molecular formula is C62H68N3OPt-. The molecule has 0 aliphatic rings. The molecule has 4 nitrogen and oxygen atoms in total. The SMILES string of the molecule is CC(C)(C)c1cc(-c2cc(-c3ccccc3)c(C(C)(C)C)cn2)[c-]c(-c2cccc3c2nc(-c2cc(C(C)(C)C)cc(C(C)(C)C)c2O)n3-c2ccc(C(C)(C)C)cc2-c2ccccc2)c1.[Pt]. The van der Waals surface area contributed by atoms with Gasteiger partial charge in [0.05, 0.1) is 22.3 Å². The van der Waals surface area contributed by atoms with E-state index < -0.39 is 0 Å². The number of phenols is 1. The van der Waals surface area contributed by atoms with Gasteiger partial charge in [-0.2, -0.15) is 0 Å². The smallest absolute Gasteiger partial charge is 0.148 e. The van der Waals surface area contributed by atoms with Crippen molar-refractivity contribution in [3.63, 3.8) is 0 Å². The van der Waals surface area contributed by atoms with Crippen molar-refractivity contribution >= 4 is 11.0 Å². The molecule has 0 bridgehead atoms. The molecule has 0 radical (unpaired) electrons. The fourth-order valence-electron chi connectivity index (χ4n) is 8.94. The quantitative estimate of drug-likeness (QED) is 0.169. The molecule has 0 atom stereocenters. The van der Waals surface area contributed by atoms with Gasteiger partial charge in [-0.25, -0.2) is 4.98 Å². The van der Waals surface area contributed by atoms with Crippen LogP contribution in [-0.2, 0) is 48.1 Å². The monoisotopic (exact) mass is 1070 g/mol. The summed E-state index contributed by atoms with van der Waals surface area (Å²) in [5.41, 5.74) is 16.5. The second kappa shape index (κ2) is 17.8. The maximum absolute atomic E-state index is 12.6. The number of benzene rings is 6. The van der Waals surface area contributed by atoms with Gasteiger partial charge in [0.2, 0.25) is 0 Å². The molecule has 5 heteroatoms. The molecule has 8 aromatic rings. The molecule has 1 N–H and O–H groups in total. The zero-order valence-electron chi connectivity index (χ0n) is 42.3. The van der Waals surface area contributed by atoms with Gasteiger partial charge in [-0.05, 0) is 84.7 Å². The number of para-hydroxylation sites is 1. The van der Waals surface area contributed by atoms with Crippen LogP contribution < -0.4 is 0 Å². The minimum atomic E-state index is -0.329. The maximum Gasteiger partial charge on any atom is 0.148 e. The van der Waals surface area contributed by atoms with Gasteiger partial charge in [0.15, 0.2) is 0 Å². The third-order valence-electron chi connectivity index (χ3n) is 13.0. The Hall–Kier alpha value is -5.57. The number of phenolic OH excluding ortho intramolecular Hbond substituents is 1. The molecule has 0 aliphatic carbocycles. The van der Waals surface area contributed by atoms with Gasteiger partial charge in [-0.1, -0.05) is 206 Å². The topological polar surface area (TPSA) is 50.9 Å². The summed E-state index contributed by atoms with van der Waals surface area (Å²) in [7, 11) is 0. The number of pyridine rings is 1. The van der Waals surface area contributed by atoms with Crippen molar-refractivity contribution in [2.75, 3.05) is 0 Å². The van der Waals surface area contributed by atoms with E-state index in [4.69, 9.17) is 9.97 Å². The van der Waals surface area contributed by atoms with E-state index in [1.54, 1.807) is 0 Å². The molecule has 2 heterocycles. The van der Waals surface area contributed by atoms with Crippen molar-refractivity contribution in [3.05, 3.63) is 167 Å². The van der Waals surface area contributed by atoms with Gasteiger partial charge >= 0.3 is 0 Å². The summed E-state index contributed by atoms with van der Waals surface area (Å²) in [5, 5.41) is 12.6. The van der Waals surface area contributed by atoms with E-state index >= 15 is 0 Å². The minimum Gasteiger partial charge on any atom is -0.507 e. The minimum absolute atomic E-state index is 0. The molecule has 67 heavy (non-hydrogen) atoms. The Bertz CT molecular complexity index is 3090. The van der Waals surface area contributed by atoms with Crippen LogP contribution in [0.4, 0.5) is 0 Å². The van der Waals surface area contributed by atoms with Crippen molar-refractivity contribution in [2.45, 2.75) is 131 Å². The number of fused-ring (bicyclic) bond motifs is 1. The van der Waals surface area contributed by atoms with Crippen LogP contribution in [0.3, 0.4) is 0 Å². The summed E-state index contributed by atoms with van der Waals surface area (Å²) in [4.78, 5) is 10.9. The number of hydrogen-bond donors (Lipinski definition) is 1. The fourth-order valence-corrected chi connectivity index (χ4v) is 8.94. The van der Waals surface area contributed by atoms with Gasteiger partial charge < -0.3 is 5.11 Å². The number of hydrogen-bond acceptors (Lipinski definition) is 3. The Morgan fingerprint density at radius 1 is 0.463 bits per heavy atom. The first-order chi connectivity index (χ1) is 30.8. The zero-order valence-corrected chi connectivity index (χ0v) is 44.6. The van der Waals surface area contributed by atoms with Crippen LogP contribution in [0.1, 0.15) is 132 Å². The Labute approximate surface area is 415 Å². The molecular weight excluding hydrogens is 998 g/mol. The van der Waals surface area contributed by atoms with Crippen molar-refractivity contribution in [2.24, 2.45) is 0 Å². The summed E-state index contributed by atoms with van der Waals surface area (Å²) in [5.74, 6) is 0.940. The molecule has 0 aliphatic heterocycles. The standard InChI is InChI=1S/C62H68N3O.Pt/c1-58(2,3)43-29-30-53(48(34-43)40-25-20-17-21-26-40)65-54-28-22-27-46(55(54)64-57(65)49-35-45(60(7,8)9)36-50(56(49)66)61(10,11)12)41-31-42(33-44(32-41)59(4,5)6)52-37-47(39-23-18-16-19-24-39)51(38-63-52)62(13,14)15;/h16-30,32-38,66H,1-15H3;/q-1;. The van der Waals surface area contributed by atoms with E-state index in [-0.39, 0.29) is 53.9 Å². The largest absolute Gasteiger partial charge is 0.507 e. The molecule has 348 valence electrons. The predicted molar refractivity (Wildman–Crippen MR) is 280 cm³/mol. The Morgan fingerprint density at radius 2 is 1.00 bits per heavy atom. The Kier molecular flexibility index (Phi) is 13.1. The van der Waals surface area contributed by atoms with Crippen LogP contribution in [0.2, 0.25) is 0 Å².